The highest BCUT2D eigenvalue weighted by molar-refractivity contribution is 5.71. The normalized spacial score (nSPS) is 14.6. The maximum absolute atomic E-state index is 11.5. The molecular formula is C13H19N3O3. The monoisotopic (exact) mass is 265 g/mol. The number of hydrogen-bond acceptors (Lipinski definition) is 6. The molecule has 1 aliphatic carbocycles. The lowest BCUT2D eigenvalue weighted by Gasteiger charge is -2.17. The second kappa shape index (κ2) is 6.47. The Labute approximate surface area is 112 Å². The van der Waals surface area contributed by atoms with Crippen LogP contribution in [0.25, 0.3) is 0 Å². The Hall–Kier alpha value is -1.69. The largest absolute Gasteiger partial charge is 0.465 e. The number of rotatable bonds is 8. The topological polar surface area (TPSA) is 68.5 Å². The first kappa shape index (κ1) is 13.7. The van der Waals surface area contributed by atoms with E-state index in [0.717, 1.165) is 12.8 Å². The van der Waals surface area contributed by atoms with E-state index in [4.69, 9.17) is 9.26 Å². The van der Waals surface area contributed by atoms with E-state index in [1.807, 2.05) is 4.90 Å². The summed E-state index contributed by atoms with van der Waals surface area (Å²) >= 11 is 0. The van der Waals surface area contributed by atoms with Crippen LogP contribution in [0.3, 0.4) is 0 Å². The zero-order valence-electron chi connectivity index (χ0n) is 11.2. The summed E-state index contributed by atoms with van der Waals surface area (Å²) in [4.78, 5) is 17.7. The molecule has 6 heteroatoms. The standard InChI is InChI=1S/C13H19N3O3/c1-3-7-16(9-12(17)18-4-2)8-11-14-13(19-15-11)10-5-6-10/h3,10H,1,4-9H2,2H3. The summed E-state index contributed by atoms with van der Waals surface area (Å²) in [6.07, 6.45) is 3.99. The third-order valence-corrected chi connectivity index (χ3v) is 2.82. The number of aromatic nitrogens is 2. The van der Waals surface area contributed by atoms with Crippen LogP contribution in [0.4, 0.5) is 0 Å². The quantitative estimate of drug-likeness (QED) is 0.524. The molecule has 19 heavy (non-hydrogen) atoms. The third-order valence-electron chi connectivity index (χ3n) is 2.82. The summed E-state index contributed by atoms with van der Waals surface area (Å²) in [6, 6.07) is 0. The van der Waals surface area contributed by atoms with Gasteiger partial charge in [-0.3, -0.25) is 9.69 Å². The Balaban J connectivity index is 1.90. The van der Waals surface area contributed by atoms with Gasteiger partial charge in [-0.05, 0) is 19.8 Å². The van der Waals surface area contributed by atoms with E-state index in [0.29, 0.717) is 37.3 Å². The van der Waals surface area contributed by atoms with Crippen LogP contribution >= 0.6 is 0 Å². The van der Waals surface area contributed by atoms with Gasteiger partial charge in [0.05, 0.1) is 19.7 Å². The highest BCUT2D eigenvalue weighted by Crippen LogP contribution is 2.38. The fraction of sp³-hybridized carbons (Fsp3) is 0.615. The molecule has 0 N–H and O–H groups in total. The molecule has 6 nitrogen and oxygen atoms in total. The lowest BCUT2D eigenvalue weighted by atomic mass is 10.4. The van der Waals surface area contributed by atoms with Gasteiger partial charge in [0.2, 0.25) is 5.89 Å². The van der Waals surface area contributed by atoms with Crippen molar-refractivity contribution in [2.24, 2.45) is 0 Å². The van der Waals surface area contributed by atoms with E-state index in [-0.39, 0.29) is 12.5 Å². The Bertz CT molecular complexity index is 440. The Kier molecular flexibility index (Phi) is 4.68. The molecule has 1 saturated carbocycles. The maximum atomic E-state index is 11.5. The van der Waals surface area contributed by atoms with Gasteiger partial charge in [-0.2, -0.15) is 4.98 Å². The molecule has 2 rings (SSSR count). The van der Waals surface area contributed by atoms with Crippen molar-refractivity contribution in [3.8, 4) is 0 Å². The van der Waals surface area contributed by atoms with Gasteiger partial charge in [0.1, 0.15) is 0 Å². The first-order valence-corrected chi connectivity index (χ1v) is 6.54. The zero-order chi connectivity index (χ0) is 13.7. The van der Waals surface area contributed by atoms with E-state index in [1.54, 1.807) is 13.0 Å². The molecule has 0 radical (unpaired) electrons. The van der Waals surface area contributed by atoms with E-state index >= 15 is 0 Å². The number of nitrogens with zero attached hydrogens (tertiary/aromatic N) is 3. The van der Waals surface area contributed by atoms with Gasteiger partial charge >= 0.3 is 5.97 Å². The molecule has 1 aliphatic rings. The molecule has 1 fully saturated rings. The molecule has 0 aliphatic heterocycles. The number of ether oxygens (including phenoxy) is 1. The molecule has 0 amide bonds. The average molecular weight is 265 g/mol. The maximum Gasteiger partial charge on any atom is 0.320 e. The minimum Gasteiger partial charge on any atom is -0.465 e. The molecule has 0 bridgehead atoms. The minimum atomic E-state index is -0.254. The summed E-state index contributed by atoms with van der Waals surface area (Å²) < 4.78 is 10.1. The van der Waals surface area contributed by atoms with Crippen molar-refractivity contribution in [3.63, 3.8) is 0 Å². The van der Waals surface area contributed by atoms with Gasteiger partial charge in [0.15, 0.2) is 5.82 Å². The highest BCUT2D eigenvalue weighted by atomic mass is 16.5. The van der Waals surface area contributed by atoms with Crippen molar-refractivity contribution in [3.05, 3.63) is 24.4 Å². The Morgan fingerprint density at radius 2 is 2.42 bits per heavy atom. The van der Waals surface area contributed by atoms with Crippen molar-refractivity contribution in [1.82, 2.24) is 15.0 Å². The smallest absolute Gasteiger partial charge is 0.320 e. The molecule has 0 unspecified atom stereocenters. The summed E-state index contributed by atoms with van der Waals surface area (Å²) in [5.41, 5.74) is 0. The lowest BCUT2D eigenvalue weighted by Crippen LogP contribution is -2.31. The first-order chi connectivity index (χ1) is 9.22. The van der Waals surface area contributed by atoms with E-state index < -0.39 is 0 Å². The first-order valence-electron chi connectivity index (χ1n) is 6.54. The predicted octanol–water partition coefficient (Wildman–Crippen LogP) is 1.50. The fourth-order valence-electron chi connectivity index (χ4n) is 1.78. The van der Waals surface area contributed by atoms with Crippen LogP contribution < -0.4 is 0 Å². The summed E-state index contributed by atoms with van der Waals surface area (Å²) in [5.74, 6) is 1.51. The molecular weight excluding hydrogens is 246 g/mol. The number of carbonyl (C=O) groups is 1. The number of esters is 1. The molecule has 1 aromatic rings. The Morgan fingerprint density at radius 3 is 3.05 bits per heavy atom. The number of hydrogen-bond donors (Lipinski definition) is 0. The molecule has 104 valence electrons. The summed E-state index contributed by atoms with van der Waals surface area (Å²) in [6.45, 7) is 7.09. The van der Waals surface area contributed by atoms with Crippen LogP contribution in [-0.2, 0) is 16.1 Å². The second-order valence-electron chi connectivity index (χ2n) is 4.59. The molecule has 0 spiro atoms. The highest BCUT2D eigenvalue weighted by Gasteiger charge is 2.29. The van der Waals surface area contributed by atoms with Crippen LogP contribution in [0.1, 0.15) is 37.4 Å². The van der Waals surface area contributed by atoms with Gasteiger partial charge in [-0.25, -0.2) is 0 Å². The van der Waals surface area contributed by atoms with Crippen molar-refractivity contribution in [1.29, 1.82) is 0 Å². The van der Waals surface area contributed by atoms with Crippen LogP contribution in [0.2, 0.25) is 0 Å². The van der Waals surface area contributed by atoms with Gasteiger partial charge in [-0.1, -0.05) is 11.2 Å². The van der Waals surface area contributed by atoms with E-state index in [2.05, 4.69) is 16.7 Å². The van der Waals surface area contributed by atoms with E-state index in [1.165, 1.54) is 0 Å². The van der Waals surface area contributed by atoms with Gasteiger partial charge in [0, 0.05) is 12.5 Å². The van der Waals surface area contributed by atoms with E-state index in [9.17, 15) is 4.79 Å². The second-order valence-corrected chi connectivity index (χ2v) is 4.59. The molecule has 0 atom stereocenters. The summed E-state index contributed by atoms with van der Waals surface area (Å²) in [5, 5.41) is 3.94. The Morgan fingerprint density at radius 1 is 1.63 bits per heavy atom. The van der Waals surface area contributed by atoms with Gasteiger partial charge in [-0.15, -0.1) is 6.58 Å². The van der Waals surface area contributed by atoms with Gasteiger partial charge in [0.25, 0.3) is 0 Å². The van der Waals surface area contributed by atoms with Crippen molar-refractivity contribution in [2.45, 2.75) is 32.2 Å². The van der Waals surface area contributed by atoms with Crippen LogP contribution in [0.5, 0.6) is 0 Å². The van der Waals surface area contributed by atoms with Crippen LogP contribution in [0.15, 0.2) is 17.2 Å². The van der Waals surface area contributed by atoms with Crippen molar-refractivity contribution >= 4 is 5.97 Å². The van der Waals surface area contributed by atoms with Crippen LogP contribution in [0, 0.1) is 0 Å². The zero-order valence-corrected chi connectivity index (χ0v) is 11.2. The third kappa shape index (κ3) is 4.17. The minimum absolute atomic E-state index is 0.202. The number of carbonyl (C=O) groups excluding carboxylic acids is 1. The van der Waals surface area contributed by atoms with Crippen molar-refractivity contribution in [2.75, 3.05) is 19.7 Å². The van der Waals surface area contributed by atoms with Crippen LogP contribution in [-0.4, -0.2) is 40.7 Å². The fourth-order valence-corrected chi connectivity index (χ4v) is 1.78. The molecule has 1 heterocycles. The SMILES string of the molecule is C=CCN(CC(=O)OCC)Cc1noc(C2CC2)n1. The predicted molar refractivity (Wildman–Crippen MR) is 68.4 cm³/mol. The molecule has 0 saturated heterocycles. The van der Waals surface area contributed by atoms with Crippen molar-refractivity contribution < 1.29 is 14.1 Å². The molecule has 0 aromatic carbocycles. The average Bonchev–Trinajstić information content (AvgIpc) is 3.11. The summed E-state index contributed by atoms with van der Waals surface area (Å²) in [7, 11) is 0. The van der Waals surface area contributed by atoms with Gasteiger partial charge < -0.3 is 9.26 Å². The molecule has 1 aromatic heterocycles. The lowest BCUT2D eigenvalue weighted by molar-refractivity contribution is -0.144.